The first-order valence-electron chi connectivity index (χ1n) is 10.6. The predicted octanol–water partition coefficient (Wildman–Crippen LogP) is 6.41. The highest BCUT2D eigenvalue weighted by Gasteiger charge is 2.28. The molecule has 0 aromatic carbocycles. The molecule has 1 aliphatic rings. The van der Waals surface area contributed by atoms with Crippen LogP contribution in [0.4, 0.5) is 0 Å². The van der Waals surface area contributed by atoms with Gasteiger partial charge in [0.05, 0.1) is 5.57 Å². The third kappa shape index (κ3) is 8.65. The van der Waals surface area contributed by atoms with Crippen molar-refractivity contribution in [2.24, 2.45) is 11.8 Å². The van der Waals surface area contributed by atoms with Crippen molar-refractivity contribution < 1.29 is 13.0 Å². The molecule has 0 fully saturated rings. The van der Waals surface area contributed by atoms with E-state index in [1.807, 2.05) is 36.0 Å². The maximum atomic E-state index is 11.8. The number of hydrogen-bond acceptors (Lipinski definition) is 3. The molecule has 0 aliphatic heterocycles. The second-order valence-corrected chi connectivity index (χ2v) is 8.45. The second-order valence-electron chi connectivity index (χ2n) is 8.01. The fourth-order valence-corrected chi connectivity index (χ4v) is 3.96. The Balaban J connectivity index is 2.58. The van der Waals surface area contributed by atoms with Crippen LogP contribution in [-0.4, -0.2) is 23.3 Å². The third-order valence-electron chi connectivity index (χ3n) is 5.70. The van der Waals surface area contributed by atoms with E-state index >= 15 is 0 Å². The Morgan fingerprint density at radius 1 is 1.19 bits per heavy atom. The smallest absolute Gasteiger partial charge is 0.335 e. The molecule has 4 nitrogen and oxygen atoms in total. The van der Waals surface area contributed by atoms with Gasteiger partial charge in [0.2, 0.25) is 0 Å². The van der Waals surface area contributed by atoms with Gasteiger partial charge in [0.25, 0.3) is 0 Å². The van der Waals surface area contributed by atoms with Crippen molar-refractivity contribution in [1.82, 2.24) is 5.32 Å². The van der Waals surface area contributed by atoms with Crippen LogP contribution in [-0.2, 0) is 7.86 Å². The molecule has 0 saturated carbocycles. The minimum absolute atomic E-state index is 0.173. The first-order valence-corrected chi connectivity index (χ1v) is 11.5. The molecule has 0 amide bonds. The van der Waals surface area contributed by atoms with E-state index < -0.39 is 5.97 Å². The van der Waals surface area contributed by atoms with E-state index in [0.717, 1.165) is 24.8 Å². The Labute approximate surface area is 179 Å². The van der Waals surface area contributed by atoms with Gasteiger partial charge in [-0.3, -0.25) is 8.38 Å². The van der Waals surface area contributed by atoms with Crippen LogP contribution in [0.25, 0.3) is 0 Å². The van der Waals surface area contributed by atoms with Gasteiger partial charge in [-0.2, -0.15) is 0 Å². The number of carboxylic acids is 1. The van der Waals surface area contributed by atoms with Gasteiger partial charge < -0.3 is 5.11 Å². The second kappa shape index (κ2) is 12.9. The van der Waals surface area contributed by atoms with Crippen LogP contribution in [0.1, 0.15) is 85.5 Å². The molecule has 2 unspecified atom stereocenters. The molecule has 1 aliphatic carbocycles. The Hall–Kier alpha value is -0.400. The standard InChI is InChI=1S/C22H38INO3/c1-5-7-8-9-10-11-12-13-18-14-17(3)19(15-20(18)21(25)26)16-24-22(4,6-2)27-23/h14-15,17,19,24H,5-13,16H2,1-4H3,(H,25,26)/t17?,19?,22-/m0/s1. The number of nitrogens with one attached hydrogen (secondary N) is 1. The molecule has 0 spiro atoms. The average Bonchev–Trinajstić information content (AvgIpc) is 2.66. The Morgan fingerprint density at radius 2 is 1.81 bits per heavy atom. The van der Waals surface area contributed by atoms with Gasteiger partial charge in [0.15, 0.2) is 0 Å². The van der Waals surface area contributed by atoms with Crippen LogP contribution < -0.4 is 5.32 Å². The summed E-state index contributed by atoms with van der Waals surface area (Å²) in [5.74, 6) is -0.300. The van der Waals surface area contributed by atoms with Crippen LogP contribution >= 0.6 is 23.0 Å². The third-order valence-corrected chi connectivity index (χ3v) is 6.67. The van der Waals surface area contributed by atoms with Gasteiger partial charge in [0.1, 0.15) is 28.7 Å². The predicted molar refractivity (Wildman–Crippen MR) is 121 cm³/mol. The molecule has 0 heterocycles. The fraction of sp³-hybridized carbons (Fsp3) is 0.773. The largest absolute Gasteiger partial charge is 0.478 e. The monoisotopic (exact) mass is 491 g/mol. The van der Waals surface area contributed by atoms with E-state index in [1.165, 1.54) is 38.5 Å². The lowest BCUT2D eigenvalue weighted by Gasteiger charge is -2.31. The summed E-state index contributed by atoms with van der Waals surface area (Å²) in [7, 11) is 0. The molecule has 5 heteroatoms. The Bertz CT molecular complexity index is 512. The molecule has 0 aromatic rings. The number of hydrogen-bond donors (Lipinski definition) is 2. The molecule has 2 N–H and O–H groups in total. The minimum Gasteiger partial charge on any atom is -0.478 e. The van der Waals surface area contributed by atoms with Crippen LogP contribution in [0.3, 0.4) is 0 Å². The Kier molecular flexibility index (Phi) is 11.8. The quantitative estimate of drug-likeness (QED) is 0.167. The number of halogens is 1. The summed E-state index contributed by atoms with van der Waals surface area (Å²) in [5.41, 5.74) is 1.14. The molecular formula is C22H38INO3. The lowest BCUT2D eigenvalue weighted by molar-refractivity contribution is -0.132. The molecule has 27 heavy (non-hydrogen) atoms. The number of carbonyl (C=O) groups is 1. The van der Waals surface area contributed by atoms with Crippen molar-refractivity contribution in [2.45, 2.75) is 91.2 Å². The van der Waals surface area contributed by atoms with Gasteiger partial charge in [-0.05, 0) is 43.6 Å². The van der Waals surface area contributed by atoms with Gasteiger partial charge >= 0.3 is 5.97 Å². The molecule has 1 rings (SSSR count). The van der Waals surface area contributed by atoms with Crippen molar-refractivity contribution in [1.29, 1.82) is 0 Å². The first-order chi connectivity index (χ1) is 12.9. The van der Waals surface area contributed by atoms with Crippen LogP contribution in [0.2, 0.25) is 0 Å². The lowest BCUT2D eigenvalue weighted by Crippen LogP contribution is -2.45. The Morgan fingerprint density at radius 3 is 2.37 bits per heavy atom. The van der Waals surface area contributed by atoms with Crippen LogP contribution in [0, 0.1) is 11.8 Å². The SMILES string of the molecule is CCCCCCCCCC1=CC(C)C(CN[C@](C)(CC)OI)C=C1C(=O)O. The van der Waals surface area contributed by atoms with Gasteiger partial charge in [0, 0.05) is 6.54 Å². The van der Waals surface area contributed by atoms with Gasteiger partial charge in [-0.15, -0.1) is 0 Å². The molecular weight excluding hydrogens is 453 g/mol. The summed E-state index contributed by atoms with van der Waals surface area (Å²) in [6.07, 6.45) is 14.6. The maximum absolute atomic E-state index is 11.8. The van der Waals surface area contributed by atoms with Gasteiger partial charge in [-0.25, -0.2) is 4.79 Å². The lowest BCUT2D eigenvalue weighted by atomic mass is 9.81. The van der Waals surface area contributed by atoms with Crippen molar-refractivity contribution >= 4 is 29.0 Å². The number of unbranched alkanes of at least 4 members (excludes halogenated alkanes) is 6. The van der Waals surface area contributed by atoms with E-state index in [0.29, 0.717) is 18.0 Å². The molecule has 0 bridgehead atoms. The van der Waals surface area contributed by atoms with Crippen molar-refractivity contribution in [2.75, 3.05) is 6.54 Å². The van der Waals surface area contributed by atoms with E-state index in [9.17, 15) is 9.90 Å². The molecule has 3 atom stereocenters. The summed E-state index contributed by atoms with van der Waals surface area (Å²) >= 11 is 1.93. The van der Waals surface area contributed by atoms with Gasteiger partial charge in [-0.1, -0.05) is 71.4 Å². The van der Waals surface area contributed by atoms with Crippen molar-refractivity contribution in [3.63, 3.8) is 0 Å². The number of allylic oxidation sites excluding steroid dienone is 1. The van der Waals surface area contributed by atoms with E-state index in [-0.39, 0.29) is 11.6 Å². The molecule has 0 radical (unpaired) electrons. The fourth-order valence-electron chi connectivity index (χ4n) is 3.49. The summed E-state index contributed by atoms with van der Waals surface area (Å²) < 4.78 is 5.52. The minimum atomic E-state index is -0.801. The number of carboxylic acid groups (broad SMARTS) is 1. The topological polar surface area (TPSA) is 58.6 Å². The highest BCUT2D eigenvalue weighted by atomic mass is 127. The highest BCUT2D eigenvalue weighted by Crippen LogP contribution is 2.31. The zero-order valence-corrected chi connectivity index (χ0v) is 19.7. The highest BCUT2D eigenvalue weighted by molar-refractivity contribution is 14.1. The molecule has 0 aromatic heterocycles. The number of aliphatic carboxylic acids is 1. The van der Waals surface area contributed by atoms with Crippen molar-refractivity contribution in [3.05, 3.63) is 23.3 Å². The molecule has 0 saturated heterocycles. The zero-order chi connectivity index (χ0) is 20.3. The maximum Gasteiger partial charge on any atom is 0.335 e. The molecule has 156 valence electrons. The van der Waals surface area contributed by atoms with Crippen LogP contribution in [0.15, 0.2) is 23.3 Å². The van der Waals surface area contributed by atoms with Crippen LogP contribution in [0.5, 0.6) is 0 Å². The van der Waals surface area contributed by atoms with E-state index in [4.69, 9.17) is 3.07 Å². The summed E-state index contributed by atoms with van der Waals surface area (Å²) in [6.45, 7) is 9.23. The normalized spacial score (nSPS) is 22.1. The van der Waals surface area contributed by atoms with E-state index in [1.54, 1.807) is 0 Å². The summed E-state index contributed by atoms with van der Waals surface area (Å²) in [4.78, 5) is 11.8. The summed E-state index contributed by atoms with van der Waals surface area (Å²) in [5, 5.41) is 13.1. The first kappa shape index (κ1) is 24.6. The van der Waals surface area contributed by atoms with Crippen molar-refractivity contribution in [3.8, 4) is 0 Å². The van der Waals surface area contributed by atoms with E-state index in [2.05, 4.69) is 32.2 Å². The number of rotatable bonds is 14. The summed E-state index contributed by atoms with van der Waals surface area (Å²) in [6, 6.07) is 0. The average molecular weight is 491 g/mol. The zero-order valence-electron chi connectivity index (χ0n) is 17.5.